The van der Waals surface area contributed by atoms with Crippen LogP contribution in [0.3, 0.4) is 0 Å². The summed E-state index contributed by atoms with van der Waals surface area (Å²) in [5.74, 6) is 6.16. The van der Waals surface area contributed by atoms with Crippen LogP contribution in [-0.4, -0.2) is 55.5 Å². The van der Waals surface area contributed by atoms with Gasteiger partial charge in [0.2, 0.25) is 5.91 Å². The van der Waals surface area contributed by atoms with E-state index >= 15 is 0 Å². The Balaban J connectivity index is 1.70. The third-order valence-electron chi connectivity index (χ3n) is 5.23. The van der Waals surface area contributed by atoms with Crippen molar-refractivity contribution < 1.29 is 14.3 Å². The molecule has 0 bridgehead atoms. The van der Waals surface area contributed by atoms with E-state index in [9.17, 15) is 4.79 Å². The first kappa shape index (κ1) is 23.0. The fourth-order valence-electron chi connectivity index (χ4n) is 3.63. The number of amides is 1. The maximum atomic E-state index is 13.0. The highest BCUT2D eigenvalue weighted by Crippen LogP contribution is 2.25. The molecule has 1 aliphatic rings. The number of likely N-dealkylation sites (tertiary alicyclic amines) is 1. The highest BCUT2D eigenvalue weighted by molar-refractivity contribution is 6.42. The zero-order valence-electron chi connectivity index (χ0n) is 17.0. The molecule has 1 fully saturated rings. The Kier molecular flexibility index (Phi) is 8.50. The van der Waals surface area contributed by atoms with Crippen LogP contribution in [0.1, 0.15) is 23.6 Å². The Bertz CT molecular complexity index is 838. The normalized spacial score (nSPS) is 17.8. The molecule has 6 nitrogen and oxygen atoms in total. The number of hydrogen-bond donors (Lipinski definition) is 1. The van der Waals surface area contributed by atoms with Gasteiger partial charge in [-0.05, 0) is 29.7 Å². The second-order valence-electron chi connectivity index (χ2n) is 7.40. The van der Waals surface area contributed by atoms with E-state index in [4.69, 9.17) is 38.5 Å². The average molecular weight is 452 g/mol. The van der Waals surface area contributed by atoms with E-state index < -0.39 is 0 Å². The van der Waals surface area contributed by atoms with Crippen LogP contribution >= 0.6 is 23.2 Å². The van der Waals surface area contributed by atoms with E-state index in [1.54, 1.807) is 25.3 Å². The number of benzene rings is 2. The fourth-order valence-corrected chi connectivity index (χ4v) is 3.95. The lowest BCUT2D eigenvalue weighted by molar-refractivity contribution is -0.133. The lowest BCUT2D eigenvalue weighted by atomic mass is 10.0. The maximum absolute atomic E-state index is 13.0. The number of nitrogens with two attached hydrogens (primary N) is 1. The van der Waals surface area contributed by atoms with Gasteiger partial charge in [-0.3, -0.25) is 14.7 Å². The van der Waals surface area contributed by atoms with Gasteiger partial charge in [0.15, 0.2) is 0 Å². The van der Waals surface area contributed by atoms with E-state index in [1.165, 1.54) is 5.01 Å². The Morgan fingerprint density at radius 1 is 1.23 bits per heavy atom. The van der Waals surface area contributed by atoms with E-state index in [0.717, 1.165) is 30.6 Å². The molecule has 2 N–H and O–H groups in total. The minimum atomic E-state index is -0.275. The van der Waals surface area contributed by atoms with Crippen LogP contribution in [0, 0.1) is 0 Å². The van der Waals surface area contributed by atoms with E-state index in [2.05, 4.69) is 4.90 Å². The third-order valence-corrected chi connectivity index (χ3v) is 5.97. The second-order valence-corrected chi connectivity index (χ2v) is 8.21. The SMILES string of the molecule is COCO[C@H]1CCN(C[C@H](c2ccccc2)N(N)C(=O)Cc2ccc(Cl)c(Cl)c2)C1. The van der Waals surface area contributed by atoms with Gasteiger partial charge in [0.25, 0.3) is 0 Å². The molecule has 1 heterocycles. The number of carbonyl (C=O) groups is 1. The second kappa shape index (κ2) is 11.1. The number of ether oxygens (including phenoxy) is 2. The summed E-state index contributed by atoms with van der Waals surface area (Å²) in [7, 11) is 1.62. The average Bonchev–Trinajstić information content (AvgIpc) is 3.20. The molecule has 0 spiro atoms. The van der Waals surface area contributed by atoms with Gasteiger partial charge in [-0.15, -0.1) is 0 Å². The first-order chi connectivity index (χ1) is 14.5. The molecular weight excluding hydrogens is 425 g/mol. The lowest BCUT2D eigenvalue weighted by Crippen LogP contribution is -2.46. The summed E-state index contributed by atoms with van der Waals surface area (Å²) in [4.78, 5) is 15.2. The van der Waals surface area contributed by atoms with Crippen molar-refractivity contribution in [2.75, 3.05) is 33.5 Å². The summed E-state index contributed by atoms with van der Waals surface area (Å²) >= 11 is 12.1. The standard InChI is InChI=1S/C22H27Cl2N3O3/c1-29-15-30-18-9-10-26(13-18)14-21(17-5-3-2-4-6-17)27(25)22(28)12-16-7-8-19(23)20(24)11-16/h2-8,11,18,21H,9-10,12-15,25H2,1H3/t18-,21+/m0/s1. The number of rotatable bonds is 9. The van der Waals surface area contributed by atoms with Crippen LogP contribution in [0.5, 0.6) is 0 Å². The smallest absolute Gasteiger partial charge is 0.241 e. The van der Waals surface area contributed by atoms with Crippen LogP contribution in [0.15, 0.2) is 48.5 Å². The van der Waals surface area contributed by atoms with E-state index in [1.807, 2.05) is 30.3 Å². The van der Waals surface area contributed by atoms with Gasteiger partial charge in [-0.2, -0.15) is 0 Å². The molecule has 162 valence electrons. The van der Waals surface area contributed by atoms with Crippen molar-refractivity contribution >= 4 is 29.1 Å². The first-order valence-electron chi connectivity index (χ1n) is 9.86. The molecule has 0 aliphatic carbocycles. The molecule has 1 saturated heterocycles. The molecule has 0 aromatic heterocycles. The quantitative estimate of drug-likeness (QED) is 0.272. The number of halogens is 2. The van der Waals surface area contributed by atoms with Gasteiger partial charge in [0.1, 0.15) is 6.79 Å². The molecule has 2 atom stereocenters. The molecule has 3 rings (SSSR count). The third kappa shape index (κ3) is 6.17. The molecular formula is C22H27Cl2N3O3. The molecule has 0 saturated carbocycles. The number of nitrogens with zero attached hydrogens (tertiary/aromatic N) is 2. The summed E-state index contributed by atoms with van der Waals surface area (Å²) in [5.41, 5.74) is 1.76. The van der Waals surface area contributed by atoms with Gasteiger partial charge < -0.3 is 9.47 Å². The molecule has 2 aromatic carbocycles. The van der Waals surface area contributed by atoms with Crippen molar-refractivity contribution in [3.05, 3.63) is 69.7 Å². The Labute approximate surface area is 187 Å². The zero-order chi connectivity index (χ0) is 21.5. The van der Waals surface area contributed by atoms with Crippen LogP contribution < -0.4 is 5.84 Å². The summed E-state index contributed by atoms with van der Waals surface area (Å²) in [5, 5.41) is 2.21. The van der Waals surface area contributed by atoms with Crippen molar-refractivity contribution in [1.82, 2.24) is 9.91 Å². The number of hydrogen-bond acceptors (Lipinski definition) is 5. The largest absolute Gasteiger partial charge is 0.359 e. The maximum Gasteiger partial charge on any atom is 0.241 e. The van der Waals surface area contributed by atoms with Crippen LogP contribution in [0.2, 0.25) is 10.0 Å². The predicted molar refractivity (Wildman–Crippen MR) is 118 cm³/mol. The Morgan fingerprint density at radius 3 is 2.70 bits per heavy atom. The van der Waals surface area contributed by atoms with E-state index in [0.29, 0.717) is 16.6 Å². The topological polar surface area (TPSA) is 68.0 Å². The van der Waals surface area contributed by atoms with Crippen molar-refractivity contribution in [3.63, 3.8) is 0 Å². The number of hydrazine groups is 1. The van der Waals surface area contributed by atoms with Crippen molar-refractivity contribution in [2.24, 2.45) is 5.84 Å². The molecule has 1 amide bonds. The summed E-state index contributed by atoms with van der Waals surface area (Å²) in [6, 6.07) is 14.7. The minimum Gasteiger partial charge on any atom is -0.359 e. The fraction of sp³-hybridized carbons (Fsp3) is 0.409. The Hall–Kier alpha value is -1.67. The Morgan fingerprint density at radius 2 is 2.00 bits per heavy atom. The molecule has 0 radical (unpaired) electrons. The van der Waals surface area contributed by atoms with Crippen LogP contribution in [-0.2, 0) is 20.7 Å². The molecule has 1 aliphatic heterocycles. The van der Waals surface area contributed by atoms with Crippen LogP contribution in [0.25, 0.3) is 0 Å². The van der Waals surface area contributed by atoms with Gasteiger partial charge in [-0.25, -0.2) is 5.84 Å². The molecule has 8 heteroatoms. The van der Waals surface area contributed by atoms with E-state index in [-0.39, 0.29) is 31.3 Å². The van der Waals surface area contributed by atoms with Crippen molar-refractivity contribution in [2.45, 2.75) is 25.0 Å². The highest BCUT2D eigenvalue weighted by atomic mass is 35.5. The highest BCUT2D eigenvalue weighted by Gasteiger charge is 2.29. The monoisotopic (exact) mass is 451 g/mol. The lowest BCUT2D eigenvalue weighted by Gasteiger charge is -2.31. The zero-order valence-corrected chi connectivity index (χ0v) is 18.5. The van der Waals surface area contributed by atoms with Crippen molar-refractivity contribution in [3.8, 4) is 0 Å². The summed E-state index contributed by atoms with van der Waals surface area (Å²) in [6.07, 6.45) is 1.20. The molecule has 0 unspecified atom stereocenters. The van der Waals surface area contributed by atoms with Crippen molar-refractivity contribution in [1.29, 1.82) is 0 Å². The minimum absolute atomic E-state index is 0.125. The van der Waals surface area contributed by atoms with Gasteiger partial charge in [-0.1, -0.05) is 59.6 Å². The molecule has 30 heavy (non-hydrogen) atoms. The van der Waals surface area contributed by atoms with Gasteiger partial charge in [0.05, 0.1) is 28.6 Å². The summed E-state index contributed by atoms with van der Waals surface area (Å²) in [6.45, 7) is 2.57. The molecule has 2 aromatic rings. The van der Waals surface area contributed by atoms with Crippen LogP contribution in [0.4, 0.5) is 0 Å². The number of methoxy groups -OCH3 is 1. The van der Waals surface area contributed by atoms with Gasteiger partial charge in [0, 0.05) is 26.7 Å². The summed E-state index contributed by atoms with van der Waals surface area (Å²) < 4.78 is 10.7. The first-order valence-corrected chi connectivity index (χ1v) is 10.6. The van der Waals surface area contributed by atoms with Gasteiger partial charge >= 0.3 is 0 Å². The predicted octanol–water partition coefficient (Wildman–Crippen LogP) is 3.67. The number of carbonyl (C=O) groups excluding carboxylic acids is 1.